The predicted octanol–water partition coefficient (Wildman–Crippen LogP) is 2.90. The topological polar surface area (TPSA) is 30.7 Å². The minimum absolute atomic E-state index is 0.0192. The van der Waals surface area contributed by atoms with Gasteiger partial charge in [-0.05, 0) is 33.1 Å². The maximum atomic E-state index is 5.89. The minimum Gasteiger partial charge on any atom is -0.308 e. The van der Waals surface area contributed by atoms with E-state index in [1.165, 1.54) is 6.42 Å². The van der Waals surface area contributed by atoms with Crippen LogP contribution in [0.1, 0.15) is 51.7 Å². The molecule has 1 saturated carbocycles. The molecular formula is C11H18ClN3. The molecule has 0 N–H and O–H groups in total. The molecule has 84 valence electrons. The maximum Gasteiger partial charge on any atom is 0.148 e. The molecule has 0 aliphatic heterocycles. The molecular weight excluding hydrogens is 210 g/mol. The van der Waals surface area contributed by atoms with Crippen molar-refractivity contribution in [2.24, 2.45) is 5.92 Å². The van der Waals surface area contributed by atoms with Gasteiger partial charge >= 0.3 is 0 Å². The molecule has 0 aromatic carbocycles. The summed E-state index contributed by atoms with van der Waals surface area (Å²) in [6, 6.07) is 0. The molecule has 15 heavy (non-hydrogen) atoms. The number of hydrogen-bond acceptors (Lipinski definition) is 2. The predicted molar refractivity (Wildman–Crippen MR) is 61.1 cm³/mol. The molecule has 2 unspecified atom stereocenters. The highest BCUT2D eigenvalue weighted by atomic mass is 35.5. The molecule has 0 spiro atoms. The van der Waals surface area contributed by atoms with Gasteiger partial charge in [0.15, 0.2) is 0 Å². The van der Waals surface area contributed by atoms with Crippen LogP contribution in [0, 0.1) is 5.92 Å². The molecule has 1 aliphatic rings. The fraction of sp³-hybridized carbons (Fsp3) is 0.818. The van der Waals surface area contributed by atoms with E-state index in [0.29, 0.717) is 11.8 Å². The van der Waals surface area contributed by atoms with Gasteiger partial charge in [0.2, 0.25) is 0 Å². The van der Waals surface area contributed by atoms with E-state index >= 15 is 0 Å². The van der Waals surface area contributed by atoms with E-state index in [1.807, 2.05) is 0 Å². The van der Waals surface area contributed by atoms with Crippen LogP contribution in [0.5, 0.6) is 0 Å². The second kappa shape index (κ2) is 3.48. The highest BCUT2D eigenvalue weighted by Gasteiger charge is 2.40. The van der Waals surface area contributed by atoms with Gasteiger partial charge in [0.25, 0.3) is 0 Å². The van der Waals surface area contributed by atoms with E-state index in [4.69, 9.17) is 11.6 Å². The maximum absolute atomic E-state index is 5.89. The minimum atomic E-state index is 0.0192. The van der Waals surface area contributed by atoms with Crippen molar-refractivity contribution >= 4 is 11.6 Å². The SMILES string of the molecule is CC1CC1c1nnc(CCl)n1C(C)(C)C. The first-order valence-electron chi connectivity index (χ1n) is 5.45. The molecule has 0 saturated heterocycles. The average Bonchev–Trinajstić information content (AvgIpc) is 2.70. The Morgan fingerprint density at radius 3 is 2.40 bits per heavy atom. The molecule has 4 heteroatoms. The fourth-order valence-corrected chi connectivity index (χ4v) is 2.24. The van der Waals surface area contributed by atoms with E-state index < -0.39 is 0 Å². The van der Waals surface area contributed by atoms with Crippen molar-refractivity contribution in [2.45, 2.75) is 51.5 Å². The van der Waals surface area contributed by atoms with Crippen LogP contribution in [-0.2, 0) is 11.4 Å². The third-order valence-electron chi connectivity index (χ3n) is 2.99. The number of nitrogens with zero attached hydrogens (tertiary/aromatic N) is 3. The Morgan fingerprint density at radius 1 is 1.40 bits per heavy atom. The molecule has 0 amide bonds. The van der Waals surface area contributed by atoms with Gasteiger partial charge in [0.1, 0.15) is 11.6 Å². The van der Waals surface area contributed by atoms with E-state index in [9.17, 15) is 0 Å². The average molecular weight is 228 g/mol. The molecule has 1 aromatic rings. The summed E-state index contributed by atoms with van der Waals surface area (Å²) in [5.41, 5.74) is 0.0192. The molecule has 3 nitrogen and oxygen atoms in total. The Labute approximate surface area is 95.8 Å². The molecule has 1 aliphatic carbocycles. The van der Waals surface area contributed by atoms with Crippen LogP contribution in [0.2, 0.25) is 0 Å². The number of hydrogen-bond donors (Lipinski definition) is 0. The zero-order chi connectivity index (χ0) is 11.2. The summed E-state index contributed by atoms with van der Waals surface area (Å²) >= 11 is 5.89. The molecule has 1 heterocycles. The van der Waals surface area contributed by atoms with Gasteiger partial charge in [0.05, 0.1) is 5.88 Å². The Kier molecular flexibility index (Phi) is 2.53. The lowest BCUT2D eigenvalue weighted by Gasteiger charge is -2.24. The Balaban J connectivity index is 2.43. The van der Waals surface area contributed by atoms with E-state index in [2.05, 4.69) is 42.5 Å². The van der Waals surface area contributed by atoms with Gasteiger partial charge in [0, 0.05) is 11.5 Å². The van der Waals surface area contributed by atoms with Gasteiger partial charge < -0.3 is 4.57 Å². The van der Waals surface area contributed by atoms with E-state index in [0.717, 1.165) is 17.6 Å². The molecule has 1 aromatic heterocycles. The van der Waals surface area contributed by atoms with Crippen molar-refractivity contribution in [2.75, 3.05) is 0 Å². The molecule has 0 radical (unpaired) electrons. The summed E-state index contributed by atoms with van der Waals surface area (Å²) in [7, 11) is 0. The van der Waals surface area contributed by atoms with Crippen molar-refractivity contribution in [3.05, 3.63) is 11.6 Å². The standard InChI is InChI=1S/C11H18ClN3/c1-7-5-8(7)10-14-13-9(6-12)15(10)11(2,3)4/h7-8H,5-6H2,1-4H3. The van der Waals surface area contributed by atoms with Crippen LogP contribution in [-0.4, -0.2) is 14.8 Å². The van der Waals surface area contributed by atoms with Crippen LogP contribution in [0.4, 0.5) is 0 Å². The highest BCUT2D eigenvalue weighted by molar-refractivity contribution is 6.16. The third-order valence-corrected chi connectivity index (χ3v) is 3.23. The smallest absolute Gasteiger partial charge is 0.148 e. The first-order valence-corrected chi connectivity index (χ1v) is 5.99. The lowest BCUT2D eigenvalue weighted by atomic mass is 10.1. The second-order valence-electron chi connectivity index (χ2n) is 5.43. The van der Waals surface area contributed by atoms with Crippen molar-refractivity contribution in [3.63, 3.8) is 0 Å². The lowest BCUT2D eigenvalue weighted by molar-refractivity contribution is 0.371. The highest BCUT2D eigenvalue weighted by Crippen LogP contribution is 2.47. The number of rotatable bonds is 2. The lowest BCUT2D eigenvalue weighted by Crippen LogP contribution is -2.26. The van der Waals surface area contributed by atoms with Gasteiger partial charge in [-0.1, -0.05) is 6.92 Å². The van der Waals surface area contributed by atoms with Crippen LogP contribution >= 0.6 is 11.6 Å². The summed E-state index contributed by atoms with van der Waals surface area (Å²) in [5.74, 6) is 3.78. The number of aromatic nitrogens is 3. The normalized spacial score (nSPS) is 25.7. The Hall–Kier alpha value is -0.570. The van der Waals surface area contributed by atoms with Gasteiger partial charge in [-0.15, -0.1) is 21.8 Å². The van der Waals surface area contributed by atoms with Crippen molar-refractivity contribution in [1.29, 1.82) is 0 Å². The zero-order valence-electron chi connectivity index (χ0n) is 9.79. The van der Waals surface area contributed by atoms with Crippen LogP contribution < -0.4 is 0 Å². The third kappa shape index (κ3) is 1.89. The summed E-state index contributed by atoms with van der Waals surface area (Å²) in [6.45, 7) is 8.77. The monoisotopic (exact) mass is 227 g/mol. The molecule has 2 rings (SSSR count). The van der Waals surface area contributed by atoms with Gasteiger partial charge in [-0.3, -0.25) is 0 Å². The van der Waals surface area contributed by atoms with Crippen LogP contribution in [0.3, 0.4) is 0 Å². The van der Waals surface area contributed by atoms with E-state index in [1.54, 1.807) is 0 Å². The van der Waals surface area contributed by atoms with Crippen LogP contribution in [0.15, 0.2) is 0 Å². The largest absolute Gasteiger partial charge is 0.308 e. The first-order chi connectivity index (χ1) is 6.95. The van der Waals surface area contributed by atoms with Crippen molar-refractivity contribution in [1.82, 2.24) is 14.8 Å². The fourth-order valence-electron chi connectivity index (χ4n) is 2.07. The number of alkyl halides is 1. The van der Waals surface area contributed by atoms with Gasteiger partial charge in [-0.2, -0.15) is 0 Å². The summed E-state index contributed by atoms with van der Waals surface area (Å²) in [5, 5.41) is 8.47. The van der Waals surface area contributed by atoms with E-state index in [-0.39, 0.29) is 5.54 Å². The quantitative estimate of drug-likeness (QED) is 0.728. The molecule has 0 bridgehead atoms. The number of halogens is 1. The Morgan fingerprint density at radius 2 is 2.00 bits per heavy atom. The van der Waals surface area contributed by atoms with Crippen molar-refractivity contribution in [3.8, 4) is 0 Å². The summed E-state index contributed by atoms with van der Waals surface area (Å²) < 4.78 is 2.20. The summed E-state index contributed by atoms with van der Waals surface area (Å²) in [4.78, 5) is 0. The molecule has 1 fully saturated rings. The van der Waals surface area contributed by atoms with Crippen molar-refractivity contribution < 1.29 is 0 Å². The van der Waals surface area contributed by atoms with Gasteiger partial charge in [-0.25, -0.2) is 0 Å². The summed E-state index contributed by atoms with van der Waals surface area (Å²) in [6.07, 6.45) is 1.23. The molecule has 2 atom stereocenters. The zero-order valence-corrected chi connectivity index (χ0v) is 10.5. The van der Waals surface area contributed by atoms with Crippen LogP contribution in [0.25, 0.3) is 0 Å². The first kappa shape index (κ1) is 10.9. The Bertz CT molecular complexity index is 364. The second-order valence-corrected chi connectivity index (χ2v) is 5.70.